The van der Waals surface area contributed by atoms with Crippen LogP contribution in [-0.4, -0.2) is 35.8 Å². The zero-order valence-corrected chi connectivity index (χ0v) is 12.6. The van der Waals surface area contributed by atoms with Gasteiger partial charge in [0.2, 0.25) is 11.8 Å². The number of hydrogen-bond donors (Lipinski definition) is 3. The fraction of sp³-hybridized carbons (Fsp3) is 0.467. The summed E-state index contributed by atoms with van der Waals surface area (Å²) >= 11 is 0. The molecule has 0 fully saturated rings. The zero-order chi connectivity index (χ0) is 15.8. The first kappa shape index (κ1) is 17.1. The number of nitrogens with zero attached hydrogens (tertiary/aromatic N) is 1. The van der Waals surface area contributed by atoms with Crippen molar-refractivity contribution in [2.75, 3.05) is 18.4 Å². The van der Waals surface area contributed by atoms with Crippen molar-refractivity contribution in [1.29, 1.82) is 0 Å². The molecule has 6 heteroatoms. The molecule has 116 valence electrons. The number of rotatable bonds is 8. The Morgan fingerprint density at radius 2 is 1.86 bits per heavy atom. The number of benzene rings is 1. The zero-order valence-electron chi connectivity index (χ0n) is 12.6. The first-order chi connectivity index (χ1) is 9.92. The van der Waals surface area contributed by atoms with Crippen LogP contribution in [0.5, 0.6) is 0 Å². The van der Waals surface area contributed by atoms with Gasteiger partial charge in [-0.25, -0.2) is 0 Å². The molecular formula is C15H24N4O2. The molecule has 0 aliphatic heterocycles. The van der Waals surface area contributed by atoms with Crippen LogP contribution >= 0.6 is 0 Å². The molecule has 1 rings (SSSR count). The molecule has 0 aliphatic carbocycles. The number of anilines is 1. The van der Waals surface area contributed by atoms with Gasteiger partial charge in [-0.15, -0.1) is 0 Å². The van der Waals surface area contributed by atoms with Crippen molar-refractivity contribution in [3.63, 3.8) is 0 Å². The molecule has 0 bridgehead atoms. The van der Waals surface area contributed by atoms with E-state index in [2.05, 4.69) is 5.32 Å². The molecule has 1 aromatic carbocycles. The van der Waals surface area contributed by atoms with Crippen LogP contribution in [0.3, 0.4) is 0 Å². The van der Waals surface area contributed by atoms with E-state index in [0.717, 1.165) is 11.3 Å². The highest BCUT2D eigenvalue weighted by atomic mass is 16.2. The van der Waals surface area contributed by atoms with Crippen LogP contribution in [0.2, 0.25) is 0 Å². The second-order valence-corrected chi connectivity index (χ2v) is 5.23. The number of carbonyl (C=O) groups is 2. The van der Waals surface area contributed by atoms with E-state index in [1.165, 1.54) is 0 Å². The molecule has 6 nitrogen and oxygen atoms in total. The highest BCUT2D eigenvalue weighted by Crippen LogP contribution is 2.09. The van der Waals surface area contributed by atoms with Crippen molar-refractivity contribution >= 4 is 17.5 Å². The quantitative estimate of drug-likeness (QED) is 0.655. The summed E-state index contributed by atoms with van der Waals surface area (Å²) in [6.07, 6.45) is 0.310. The summed E-state index contributed by atoms with van der Waals surface area (Å²) in [4.78, 5) is 24.8. The molecule has 0 spiro atoms. The maximum Gasteiger partial charge on any atom is 0.231 e. The third-order valence-corrected chi connectivity index (χ3v) is 3.19. The lowest BCUT2D eigenvalue weighted by Crippen LogP contribution is -2.40. The summed E-state index contributed by atoms with van der Waals surface area (Å²) in [5.41, 5.74) is 12.5. The lowest BCUT2D eigenvalue weighted by Gasteiger charge is -2.24. The Bertz CT molecular complexity index is 471. The van der Waals surface area contributed by atoms with E-state index in [1.807, 2.05) is 43.0 Å². The summed E-state index contributed by atoms with van der Waals surface area (Å²) in [6.45, 7) is 5.06. The van der Waals surface area contributed by atoms with Gasteiger partial charge < -0.3 is 16.8 Å². The summed E-state index contributed by atoms with van der Waals surface area (Å²) in [5.74, 6) is -0.480. The summed E-state index contributed by atoms with van der Waals surface area (Å²) in [5, 5.41) is 2.82. The number of nitrogens with one attached hydrogen (secondary N) is 1. The Balaban J connectivity index is 2.46. The second kappa shape index (κ2) is 8.39. The fourth-order valence-electron chi connectivity index (χ4n) is 1.91. The van der Waals surface area contributed by atoms with E-state index < -0.39 is 0 Å². The highest BCUT2D eigenvalue weighted by molar-refractivity contribution is 5.90. The van der Waals surface area contributed by atoms with E-state index in [1.54, 1.807) is 0 Å². The predicted octanol–water partition coefficient (Wildman–Crippen LogP) is 0.670. The molecule has 0 unspecified atom stereocenters. The Hall–Kier alpha value is -1.92. The molecule has 0 aliphatic rings. The molecule has 0 radical (unpaired) electrons. The van der Waals surface area contributed by atoms with Crippen molar-refractivity contribution in [3.8, 4) is 0 Å². The van der Waals surface area contributed by atoms with Crippen LogP contribution < -0.4 is 16.8 Å². The normalized spacial score (nSPS) is 10.9. The number of nitrogens with two attached hydrogens (primary N) is 2. The van der Waals surface area contributed by atoms with Crippen molar-refractivity contribution in [2.45, 2.75) is 32.9 Å². The van der Waals surface area contributed by atoms with Crippen LogP contribution in [0, 0.1) is 0 Å². The molecule has 21 heavy (non-hydrogen) atoms. The molecule has 0 heterocycles. The Morgan fingerprint density at radius 3 is 2.33 bits per heavy atom. The van der Waals surface area contributed by atoms with Crippen molar-refractivity contribution in [3.05, 3.63) is 29.8 Å². The van der Waals surface area contributed by atoms with Gasteiger partial charge in [-0.1, -0.05) is 12.1 Å². The van der Waals surface area contributed by atoms with Crippen molar-refractivity contribution in [1.82, 2.24) is 4.90 Å². The highest BCUT2D eigenvalue weighted by Gasteiger charge is 2.13. The van der Waals surface area contributed by atoms with E-state index >= 15 is 0 Å². The van der Waals surface area contributed by atoms with Gasteiger partial charge in [0, 0.05) is 31.2 Å². The largest absolute Gasteiger partial charge is 0.369 e. The number of hydrogen-bond acceptors (Lipinski definition) is 4. The predicted molar refractivity (Wildman–Crippen MR) is 83.5 cm³/mol. The monoisotopic (exact) mass is 292 g/mol. The number of amides is 2. The standard InChI is InChI=1S/C15H24N4O2/c1-11(2)19(10-14(17)20)8-7-15(21)18-13-5-3-12(9-16)4-6-13/h3-6,11H,7-10,16H2,1-2H3,(H2,17,20)(H,18,21). The van der Waals surface area contributed by atoms with Gasteiger partial charge >= 0.3 is 0 Å². The number of carbonyl (C=O) groups excluding carboxylic acids is 2. The fourth-order valence-corrected chi connectivity index (χ4v) is 1.91. The summed E-state index contributed by atoms with van der Waals surface area (Å²) in [7, 11) is 0. The van der Waals surface area contributed by atoms with Crippen LogP contribution in [-0.2, 0) is 16.1 Å². The maximum absolute atomic E-state index is 11.9. The van der Waals surface area contributed by atoms with Gasteiger partial charge in [0.15, 0.2) is 0 Å². The first-order valence-corrected chi connectivity index (χ1v) is 7.03. The Labute approximate surface area is 125 Å². The first-order valence-electron chi connectivity index (χ1n) is 7.03. The average Bonchev–Trinajstić information content (AvgIpc) is 2.43. The molecule has 0 saturated heterocycles. The maximum atomic E-state index is 11.9. The van der Waals surface area contributed by atoms with Crippen LogP contribution in [0.15, 0.2) is 24.3 Å². The van der Waals surface area contributed by atoms with Crippen LogP contribution in [0.4, 0.5) is 5.69 Å². The minimum absolute atomic E-state index is 0.0920. The van der Waals surface area contributed by atoms with E-state index in [0.29, 0.717) is 19.5 Å². The lowest BCUT2D eigenvalue weighted by molar-refractivity contribution is -0.121. The Kier molecular flexibility index (Phi) is 6.84. The number of primary amides is 1. The van der Waals surface area contributed by atoms with Gasteiger partial charge in [0.05, 0.1) is 6.54 Å². The van der Waals surface area contributed by atoms with Crippen molar-refractivity contribution in [2.24, 2.45) is 11.5 Å². The van der Waals surface area contributed by atoms with E-state index in [-0.39, 0.29) is 24.4 Å². The van der Waals surface area contributed by atoms with Crippen LogP contribution in [0.1, 0.15) is 25.8 Å². The van der Waals surface area contributed by atoms with Gasteiger partial charge in [-0.05, 0) is 31.5 Å². The molecule has 0 saturated carbocycles. The summed E-state index contributed by atoms with van der Waals surface area (Å²) < 4.78 is 0. The Morgan fingerprint density at radius 1 is 1.24 bits per heavy atom. The third-order valence-electron chi connectivity index (χ3n) is 3.19. The van der Waals surface area contributed by atoms with Gasteiger partial charge in [-0.2, -0.15) is 0 Å². The van der Waals surface area contributed by atoms with E-state index in [4.69, 9.17) is 11.5 Å². The lowest BCUT2D eigenvalue weighted by atomic mass is 10.2. The molecular weight excluding hydrogens is 268 g/mol. The topological polar surface area (TPSA) is 101 Å². The van der Waals surface area contributed by atoms with Gasteiger partial charge in [-0.3, -0.25) is 14.5 Å². The van der Waals surface area contributed by atoms with E-state index in [9.17, 15) is 9.59 Å². The van der Waals surface area contributed by atoms with Gasteiger partial charge in [0.1, 0.15) is 0 Å². The van der Waals surface area contributed by atoms with Gasteiger partial charge in [0.25, 0.3) is 0 Å². The summed E-state index contributed by atoms with van der Waals surface area (Å²) in [6, 6.07) is 7.56. The molecule has 0 atom stereocenters. The molecule has 0 aromatic heterocycles. The minimum atomic E-state index is -0.388. The SMILES string of the molecule is CC(C)N(CCC(=O)Nc1ccc(CN)cc1)CC(N)=O. The minimum Gasteiger partial charge on any atom is -0.369 e. The smallest absolute Gasteiger partial charge is 0.231 e. The molecule has 1 aromatic rings. The average molecular weight is 292 g/mol. The second-order valence-electron chi connectivity index (χ2n) is 5.23. The molecule has 2 amide bonds. The molecule has 5 N–H and O–H groups in total. The van der Waals surface area contributed by atoms with Crippen molar-refractivity contribution < 1.29 is 9.59 Å². The van der Waals surface area contributed by atoms with Crippen LogP contribution in [0.25, 0.3) is 0 Å². The third kappa shape index (κ3) is 6.37.